The highest BCUT2D eigenvalue weighted by molar-refractivity contribution is 6.32. The van der Waals surface area contributed by atoms with Crippen molar-refractivity contribution in [1.82, 2.24) is 9.80 Å². The normalized spacial score (nSPS) is 21.5. The topological polar surface area (TPSA) is 53.0 Å². The first-order valence-electron chi connectivity index (χ1n) is 8.44. The molecule has 1 heterocycles. The molecule has 0 spiro atoms. The van der Waals surface area contributed by atoms with E-state index in [-0.39, 0.29) is 23.1 Å². The number of halogens is 2. The number of nitrogens with zero attached hydrogens (tertiary/aromatic N) is 2. The molecule has 140 valence electrons. The largest absolute Gasteiger partial charge is 0.492 e. The Kier molecular flexibility index (Phi) is 7.04. The molecule has 2 atom stereocenters. The Balaban J connectivity index is 2.06. The lowest BCUT2D eigenvalue weighted by Gasteiger charge is -2.41. The van der Waals surface area contributed by atoms with Gasteiger partial charge in [-0.1, -0.05) is 11.6 Å². The second-order valence-electron chi connectivity index (χ2n) is 6.84. The fourth-order valence-corrected chi connectivity index (χ4v) is 3.98. The minimum absolute atomic E-state index is 0.0658. The Morgan fingerprint density at radius 3 is 2.76 bits per heavy atom. The van der Waals surface area contributed by atoms with Crippen LogP contribution in [-0.4, -0.2) is 61.2 Å². The Bertz CT molecular complexity index is 589. The summed E-state index contributed by atoms with van der Waals surface area (Å²) in [6.07, 6.45) is 1.78. The zero-order valence-corrected chi connectivity index (χ0v) is 15.7. The summed E-state index contributed by atoms with van der Waals surface area (Å²) < 4.78 is 19.0. The number of carboxylic acid groups (broad SMARTS) is 1. The summed E-state index contributed by atoms with van der Waals surface area (Å²) >= 11 is 6.08. The summed E-state index contributed by atoms with van der Waals surface area (Å²) in [6, 6.07) is 3.55. The molecular weight excluding hydrogens is 347 g/mol. The van der Waals surface area contributed by atoms with E-state index >= 15 is 0 Å². The first-order valence-corrected chi connectivity index (χ1v) is 8.82. The molecule has 0 aliphatic carbocycles. The molecule has 0 amide bonds. The second kappa shape index (κ2) is 8.83. The molecule has 1 aromatic rings. The fourth-order valence-electron chi connectivity index (χ4n) is 3.67. The Morgan fingerprint density at radius 1 is 1.48 bits per heavy atom. The van der Waals surface area contributed by atoms with Crippen molar-refractivity contribution in [2.75, 3.05) is 34.3 Å². The lowest BCUT2D eigenvalue weighted by atomic mass is 9.87. The summed E-state index contributed by atoms with van der Waals surface area (Å²) in [5, 5.41) is 9.25. The molecule has 1 aliphatic rings. The molecule has 0 radical (unpaired) electrons. The third kappa shape index (κ3) is 5.30. The van der Waals surface area contributed by atoms with Gasteiger partial charge < -0.3 is 14.7 Å². The predicted octanol–water partition coefficient (Wildman–Crippen LogP) is 3.10. The highest BCUT2D eigenvalue weighted by atomic mass is 35.5. The predicted molar refractivity (Wildman–Crippen MR) is 95.7 cm³/mol. The van der Waals surface area contributed by atoms with Crippen LogP contribution in [0.15, 0.2) is 12.1 Å². The molecule has 5 nitrogen and oxygen atoms in total. The lowest BCUT2D eigenvalue weighted by molar-refractivity contribution is -0.137. The third-order valence-electron chi connectivity index (χ3n) is 4.84. The summed E-state index contributed by atoms with van der Waals surface area (Å²) in [5.74, 6) is -0.885. The van der Waals surface area contributed by atoms with Crippen LogP contribution in [0.2, 0.25) is 5.02 Å². The van der Waals surface area contributed by atoms with Gasteiger partial charge in [-0.2, -0.15) is 0 Å². The molecule has 1 aromatic carbocycles. The number of ether oxygens (including phenoxy) is 1. The van der Waals surface area contributed by atoms with Crippen molar-refractivity contribution in [3.05, 3.63) is 28.5 Å². The number of carboxylic acids is 1. The highest BCUT2D eigenvalue weighted by Gasteiger charge is 2.31. The van der Waals surface area contributed by atoms with Crippen LogP contribution >= 0.6 is 11.6 Å². The molecule has 1 N–H and O–H groups in total. The Labute approximate surface area is 153 Å². The van der Waals surface area contributed by atoms with Crippen LogP contribution in [0.1, 0.15) is 24.8 Å². The maximum Gasteiger partial charge on any atom is 0.303 e. The summed E-state index contributed by atoms with van der Waals surface area (Å²) in [6.45, 7) is 2.27. The standard InChI is InChI=1S/C18H26ClFN2O3/c1-21(2)16-6-7-22(11-13(16)4-5-17(23)24)10-12-8-14(19)18(25-3)15(20)9-12/h8-9,13,16H,4-7,10-11H2,1-3H3,(H,23,24)/t13-,16+/m0/s1. The van der Waals surface area contributed by atoms with Crippen molar-refractivity contribution in [3.63, 3.8) is 0 Å². The third-order valence-corrected chi connectivity index (χ3v) is 5.12. The van der Waals surface area contributed by atoms with Gasteiger partial charge in [0.1, 0.15) is 0 Å². The van der Waals surface area contributed by atoms with Gasteiger partial charge in [0.15, 0.2) is 11.6 Å². The number of benzene rings is 1. The summed E-state index contributed by atoms with van der Waals surface area (Å²) in [4.78, 5) is 15.3. The van der Waals surface area contributed by atoms with Crippen LogP contribution in [0.4, 0.5) is 4.39 Å². The van der Waals surface area contributed by atoms with Gasteiger partial charge in [-0.3, -0.25) is 9.69 Å². The number of aliphatic carboxylic acids is 1. The van der Waals surface area contributed by atoms with E-state index < -0.39 is 11.8 Å². The summed E-state index contributed by atoms with van der Waals surface area (Å²) in [7, 11) is 5.46. The van der Waals surface area contributed by atoms with Crippen molar-refractivity contribution in [1.29, 1.82) is 0 Å². The van der Waals surface area contributed by atoms with Gasteiger partial charge in [-0.25, -0.2) is 4.39 Å². The quantitative estimate of drug-likeness (QED) is 0.797. The van der Waals surface area contributed by atoms with Gasteiger partial charge in [0.25, 0.3) is 0 Å². The molecule has 1 aliphatic heterocycles. The van der Waals surface area contributed by atoms with Crippen molar-refractivity contribution in [2.45, 2.75) is 31.8 Å². The number of piperidine rings is 1. The molecule has 1 saturated heterocycles. The van der Waals surface area contributed by atoms with E-state index in [0.717, 1.165) is 25.1 Å². The molecule has 0 saturated carbocycles. The molecule has 7 heteroatoms. The van der Waals surface area contributed by atoms with Gasteiger partial charge in [0.2, 0.25) is 0 Å². The minimum atomic E-state index is -0.765. The van der Waals surface area contributed by atoms with Crippen molar-refractivity contribution >= 4 is 17.6 Å². The molecule has 2 rings (SSSR count). The summed E-state index contributed by atoms with van der Waals surface area (Å²) in [5.41, 5.74) is 0.795. The maximum absolute atomic E-state index is 14.0. The number of hydrogen-bond acceptors (Lipinski definition) is 4. The van der Waals surface area contributed by atoms with Crippen LogP contribution in [0.25, 0.3) is 0 Å². The van der Waals surface area contributed by atoms with E-state index in [1.54, 1.807) is 6.07 Å². The number of hydrogen-bond donors (Lipinski definition) is 1. The smallest absolute Gasteiger partial charge is 0.303 e. The second-order valence-corrected chi connectivity index (χ2v) is 7.25. The van der Waals surface area contributed by atoms with E-state index in [4.69, 9.17) is 21.4 Å². The molecule has 0 aromatic heterocycles. The van der Waals surface area contributed by atoms with Gasteiger partial charge in [0, 0.05) is 25.6 Å². The highest BCUT2D eigenvalue weighted by Crippen LogP contribution is 2.31. The number of carbonyl (C=O) groups is 1. The van der Waals surface area contributed by atoms with Crippen LogP contribution in [-0.2, 0) is 11.3 Å². The van der Waals surface area contributed by atoms with Crippen molar-refractivity contribution in [2.24, 2.45) is 5.92 Å². The van der Waals surface area contributed by atoms with Gasteiger partial charge in [0.05, 0.1) is 12.1 Å². The first kappa shape index (κ1) is 19.9. The van der Waals surface area contributed by atoms with Crippen LogP contribution in [0.3, 0.4) is 0 Å². The minimum Gasteiger partial charge on any atom is -0.492 e. The van der Waals surface area contributed by atoms with Crippen LogP contribution in [0.5, 0.6) is 5.75 Å². The van der Waals surface area contributed by atoms with Crippen molar-refractivity contribution in [3.8, 4) is 5.75 Å². The molecule has 0 unspecified atom stereocenters. The average Bonchev–Trinajstić information content (AvgIpc) is 2.52. The fraction of sp³-hybridized carbons (Fsp3) is 0.611. The van der Waals surface area contributed by atoms with Gasteiger partial charge in [-0.05, 0) is 57.1 Å². The maximum atomic E-state index is 14.0. The van der Waals surface area contributed by atoms with Gasteiger partial charge >= 0.3 is 5.97 Å². The molecular formula is C18H26ClFN2O3. The number of likely N-dealkylation sites (tertiary alicyclic amines) is 1. The first-order chi connectivity index (χ1) is 11.8. The van der Waals surface area contributed by atoms with Gasteiger partial charge in [-0.15, -0.1) is 0 Å². The Morgan fingerprint density at radius 2 is 2.20 bits per heavy atom. The van der Waals surface area contributed by atoms with Crippen LogP contribution in [0, 0.1) is 11.7 Å². The van der Waals surface area contributed by atoms with Crippen molar-refractivity contribution < 1.29 is 19.0 Å². The van der Waals surface area contributed by atoms with E-state index in [1.807, 2.05) is 14.1 Å². The average molecular weight is 373 g/mol. The van der Waals surface area contributed by atoms with E-state index in [9.17, 15) is 9.18 Å². The Hall–Kier alpha value is -1.37. The lowest BCUT2D eigenvalue weighted by Crippen LogP contribution is -2.48. The number of rotatable bonds is 7. The van der Waals surface area contributed by atoms with E-state index in [1.165, 1.54) is 13.2 Å². The molecule has 1 fully saturated rings. The SMILES string of the molecule is COc1c(F)cc(CN2CC[C@@H](N(C)C)[C@@H](CCC(=O)O)C2)cc1Cl. The number of methoxy groups -OCH3 is 1. The zero-order valence-electron chi connectivity index (χ0n) is 15.0. The zero-order chi connectivity index (χ0) is 18.6. The van der Waals surface area contributed by atoms with Crippen LogP contribution < -0.4 is 4.74 Å². The molecule has 0 bridgehead atoms. The van der Waals surface area contributed by atoms with E-state index in [2.05, 4.69) is 9.80 Å². The monoisotopic (exact) mass is 372 g/mol. The molecule has 25 heavy (non-hydrogen) atoms. The van der Waals surface area contributed by atoms with E-state index in [0.29, 0.717) is 19.0 Å².